The molecule has 4 nitrogen and oxygen atoms in total. The number of aryl methyl sites for hydroxylation is 2. The van der Waals surface area contributed by atoms with Crippen LogP contribution in [-0.2, 0) is 17.6 Å². The van der Waals surface area contributed by atoms with E-state index in [0.29, 0.717) is 10.8 Å². The Bertz CT molecular complexity index is 988. The second kappa shape index (κ2) is 8.39. The van der Waals surface area contributed by atoms with E-state index in [4.69, 9.17) is 21.6 Å². The molecule has 1 aliphatic rings. The zero-order valence-corrected chi connectivity index (χ0v) is 18.0. The summed E-state index contributed by atoms with van der Waals surface area (Å²) in [6.07, 6.45) is 6.66. The van der Waals surface area contributed by atoms with Gasteiger partial charge in [-0.2, -0.15) is 0 Å². The number of aromatic nitrogens is 2. The lowest BCUT2D eigenvalue weighted by atomic mass is 9.97. The molecule has 1 aromatic carbocycles. The Kier molecular flexibility index (Phi) is 5.92. The number of anilines is 1. The fourth-order valence-electron chi connectivity index (χ4n) is 3.17. The third-order valence-electron chi connectivity index (χ3n) is 4.41. The molecular formula is C19H18ClN3OS3. The molecule has 140 valence electrons. The van der Waals surface area contributed by atoms with E-state index in [0.717, 1.165) is 38.9 Å². The highest BCUT2D eigenvalue weighted by Gasteiger charge is 2.21. The van der Waals surface area contributed by atoms with Crippen molar-refractivity contribution in [3.63, 3.8) is 0 Å². The maximum atomic E-state index is 12.4. The molecule has 0 radical (unpaired) electrons. The molecule has 0 aliphatic heterocycles. The van der Waals surface area contributed by atoms with Crippen LogP contribution in [0.2, 0.25) is 5.02 Å². The lowest BCUT2D eigenvalue weighted by Gasteiger charge is -2.12. The molecule has 1 aliphatic carbocycles. The standard InChI is InChI=1S/C19H18ClN3OS3/c1-25-19-22-17(16-13-4-2-3-5-14(13)27-18(16)23-19)26-10-15(24)21-12-8-6-11(20)7-9-12/h6-9H,2-5,10H2,1H3,(H,21,24). The van der Waals surface area contributed by atoms with Gasteiger partial charge in [-0.1, -0.05) is 35.1 Å². The van der Waals surface area contributed by atoms with E-state index in [2.05, 4.69) is 5.32 Å². The van der Waals surface area contributed by atoms with E-state index in [1.807, 2.05) is 6.26 Å². The van der Waals surface area contributed by atoms with Crippen LogP contribution in [0.15, 0.2) is 34.4 Å². The first kappa shape index (κ1) is 19.1. The van der Waals surface area contributed by atoms with Crippen molar-refractivity contribution in [3.8, 4) is 0 Å². The maximum Gasteiger partial charge on any atom is 0.234 e. The first-order chi connectivity index (χ1) is 13.1. The van der Waals surface area contributed by atoms with Crippen molar-refractivity contribution in [2.75, 3.05) is 17.3 Å². The van der Waals surface area contributed by atoms with Gasteiger partial charge in [0.25, 0.3) is 0 Å². The minimum absolute atomic E-state index is 0.0520. The van der Waals surface area contributed by atoms with Gasteiger partial charge >= 0.3 is 0 Å². The van der Waals surface area contributed by atoms with Crippen LogP contribution < -0.4 is 5.32 Å². The fraction of sp³-hybridized carbons (Fsp3) is 0.316. The van der Waals surface area contributed by atoms with Crippen molar-refractivity contribution in [3.05, 3.63) is 39.7 Å². The van der Waals surface area contributed by atoms with Gasteiger partial charge in [0.1, 0.15) is 9.86 Å². The summed E-state index contributed by atoms with van der Waals surface area (Å²) in [5.74, 6) is 0.261. The number of nitrogens with zero attached hydrogens (tertiary/aromatic N) is 2. The van der Waals surface area contributed by atoms with Gasteiger partial charge in [0.05, 0.1) is 5.75 Å². The molecule has 8 heteroatoms. The van der Waals surface area contributed by atoms with Gasteiger partial charge in [-0.3, -0.25) is 4.79 Å². The number of carbonyl (C=O) groups excluding carboxylic acids is 1. The molecular weight excluding hydrogens is 418 g/mol. The Morgan fingerprint density at radius 2 is 2.00 bits per heavy atom. The average Bonchev–Trinajstić information content (AvgIpc) is 3.06. The minimum atomic E-state index is -0.0520. The molecule has 27 heavy (non-hydrogen) atoms. The van der Waals surface area contributed by atoms with Crippen molar-refractivity contribution in [2.24, 2.45) is 0 Å². The number of hydrogen-bond acceptors (Lipinski definition) is 6. The van der Waals surface area contributed by atoms with Gasteiger partial charge in [0.15, 0.2) is 5.16 Å². The number of carbonyl (C=O) groups is 1. The maximum absolute atomic E-state index is 12.4. The third-order valence-corrected chi connectivity index (χ3v) is 7.37. The molecule has 0 unspecified atom stereocenters. The summed E-state index contributed by atoms with van der Waals surface area (Å²) in [5, 5.41) is 6.41. The monoisotopic (exact) mass is 435 g/mol. The number of hydrogen-bond donors (Lipinski definition) is 1. The second-order valence-electron chi connectivity index (χ2n) is 6.25. The van der Waals surface area contributed by atoms with Gasteiger partial charge in [0.2, 0.25) is 5.91 Å². The highest BCUT2D eigenvalue weighted by atomic mass is 35.5. The van der Waals surface area contributed by atoms with Crippen molar-refractivity contribution < 1.29 is 4.79 Å². The van der Waals surface area contributed by atoms with Crippen LogP contribution in [0.1, 0.15) is 23.3 Å². The first-order valence-corrected chi connectivity index (χ1v) is 12.1. The third kappa shape index (κ3) is 4.26. The van der Waals surface area contributed by atoms with Crippen LogP contribution in [0.3, 0.4) is 0 Å². The molecule has 0 saturated heterocycles. The molecule has 0 saturated carbocycles. The van der Waals surface area contributed by atoms with Crippen LogP contribution in [0.25, 0.3) is 10.2 Å². The fourth-order valence-corrected chi connectivity index (χ4v) is 5.95. The molecule has 2 heterocycles. The number of amides is 1. The zero-order valence-electron chi connectivity index (χ0n) is 14.8. The lowest BCUT2D eigenvalue weighted by Crippen LogP contribution is -2.14. The molecule has 4 rings (SSSR count). The predicted molar refractivity (Wildman–Crippen MR) is 117 cm³/mol. The molecule has 0 atom stereocenters. The van der Waals surface area contributed by atoms with E-state index in [9.17, 15) is 4.79 Å². The molecule has 1 N–H and O–H groups in total. The van der Waals surface area contributed by atoms with Gasteiger partial charge in [-0.15, -0.1) is 11.3 Å². The quantitative estimate of drug-likeness (QED) is 0.317. The lowest BCUT2D eigenvalue weighted by molar-refractivity contribution is -0.113. The van der Waals surface area contributed by atoms with Crippen LogP contribution in [-0.4, -0.2) is 27.9 Å². The van der Waals surface area contributed by atoms with Crippen LogP contribution in [0, 0.1) is 0 Å². The summed E-state index contributed by atoms with van der Waals surface area (Å²) in [5.41, 5.74) is 2.14. The zero-order chi connectivity index (χ0) is 18.8. The Morgan fingerprint density at radius 1 is 1.22 bits per heavy atom. The number of thiophene rings is 1. The van der Waals surface area contributed by atoms with Crippen LogP contribution in [0.5, 0.6) is 0 Å². The summed E-state index contributed by atoms with van der Waals surface area (Å²) in [7, 11) is 0. The van der Waals surface area contributed by atoms with Crippen molar-refractivity contribution in [1.82, 2.24) is 9.97 Å². The van der Waals surface area contributed by atoms with E-state index in [1.165, 1.54) is 35.0 Å². The summed E-state index contributed by atoms with van der Waals surface area (Å²) in [6.45, 7) is 0. The predicted octanol–water partition coefficient (Wildman–Crippen LogP) is 5.68. The Balaban J connectivity index is 1.56. The molecule has 0 fully saturated rings. The highest BCUT2D eigenvalue weighted by Crippen LogP contribution is 2.40. The number of rotatable bonds is 5. The van der Waals surface area contributed by atoms with Gasteiger partial charge < -0.3 is 5.32 Å². The van der Waals surface area contributed by atoms with Gasteiger partial charge in [-0.05, 0) is 61.8 Å². The summed E-state index contributed by atoms with van der Waals surface area (Å²) < 4.78 is 0. The Labute approximate surface area is 175 Å². The van der Waals surface area contributed by atoms with E-state index >= 15 is 0 Å². The summed E-state index contributed by atoms with van der Waals surface area (Å²) in [6, 6.07) is 7.13. The topological polar surface area (TPSA) is 54.9 Å². The van der Waals surface area contributed by atoms with Crippen molar-refractivity contribution in [1.29, 1.82) is 0 Å². The largest absolute Gasteiger partial charge is 0.325 e. The van der Waals surface area contributed by atoms with Crippen LogP contribution >= 0.6 is 46.5 Å². The number of nitrogens with one attached hydrogen (secondary N) is 1. The Morgan fingerprint density at radius 3 is 2.78 bits per heavy atom. The highest BCUT2D eigenvalue weighted by molar-refractivity contribution is 8.00. The molecule has 1 amide bonds. The molecule has 0 bridgehead atoms. The average molecular weight is 436 g/mol. The van der Waals surface area contributed by atoms with Gasteiger partial charge in [-0.25, -0.2) is 9.97 Å². The molecule has 3 aromatic rings. The smallest absolute Gasteiger partial charge is 0.234 e. The minimum Gasteiger partial charge on any atom is -0.325 e. The SMILES string of the molecule is CSc1nc(SCC(=O)Nc2ccc(Cl)cc2)c2c3c(sc2n1)CCCC3. The Hall–Kier alpha value is -1.28. The molecule has 0 spiro atoms. The number of benzene rings is 1. The van der Waals surface area contributed by atoms with E-state index in [-0.39, 0.29) is 5.91 Å². The van der Waals surface area contributed by atoms with Crippen molar-refractivity contribution in [2.45, 2.75) is 35.9 Å². The number of thioether (sulfide) groups is 2. The second-order valence-corrected chi connectivity index (χ2v) is 9.51. The summed E-state index contributed by atoms with van der Waals surface area (Å²) >= 11 is 10.7. The molecule has 2 aromatic heterocycles. The first-order valence-electron chi connectivity index (χ1n) is 8.68. The number of fused-ring (bicyclic) bond motifs is 3. The summed E-state index contributed by atoms with van der Waals surface area (Å²) in [4.78, 5) is 24.3. The van der Waals surface area contributed by atoms with Crippen molar-refractivity contribution >= 4 is 68.3 Å². The van der Waals surface area contributed by atoms with Crippen LogP contribution in [0.4, 0.5) is 5.69 Å². The van der Waals surface area contributed by atoms with E-state index in [1.54, 1.807) is 47.4 Å². The normalized spacial score (nSPS) is 13.6. The van der Waals surface area contributed by atoms with E-state index < -0.39 is 0 Å². The van der Waals surface area contributed by atoms with Gasteiger partial charge in [0, 0.05) is 21.0 Å². The number of halogens is 1.